The molecule has 0 radical (unpaired) electrons. The Morgan fingerprint density at radius 3 is 2.89 bits per heavy atom. The van der Waals surface area contributed by atoms with E-state index in [9.17, 15) is 29.6 Å². The number of carbonyl (C=O) groups is 3. The average molecular weight is 389 g/mol. The molecule has 3 N–H and O–H groups in total. The number of nitrogens with one attached hydrogen (secondary N) is 2. The van der Waals surface area contributed by atoms with Crippen LogP contribution in [0.4, 0.5) is 11.4 Å². The second kappa shape index (κ2) is 7.73. The summed E-state index contributed by atoms with van der Waals surface area (Å²) in [4.78, 5) is 53.7. The summed E-state index contributed by atoms with van der Waals surface area (Å²) < 4.78 is 5.00. The number of imidazole rings is 1. The molecular weight excluding hydrogens is 374 g/mol. The van der Waals surface area contributed by atoms with Gasteiger partial charge in [0.25, 0.3) is 5.69 Å². The molecule has 0 spiro atoms. The van der Waals surface area contributed by atoms with Crippen LogP contribution in [0.1, 0.15) is 5.69 Å². The van der Waals surface area contributed by atoms with Crippen LogP contribution < -0.4 is 15.0 Å². The van der Waals surface area contributed by atoms with Crippen LogP contribution in [0.2, 0.25) is 0 Å². The Hall–Kier alpha value is -3.96. The molecule has 3 rings (SSSR count). The van der Waals surface area contributed by atoms with Gasteiger partial charge in [-0.05, 0) is 6.07 Å². The largest absolute Gasteiger partial charge is 0.480 e. The highest BCUT2D eigenvalue weighted by Gasteiger charge is 2.29. The molecule has 0 saturated heterocycles. The van der Waals surface area contributed by atoms with E-state index in [1.165, 1.54) is 29.6 Å². The number of benzene rings is 1. The van der Waals surface area contributed by atoms with Crippen molar-refractivity contribution in [2.75, 3.05) is 18.0 Å². The Morgan fingerprint density at radius 2 is 2.25 bits per heavy atom. The van der Waals surface area contributed by atoms with E-state index in [0.29, 0.717) is 11.4 Å². The van der Waals surface area contributed by atoms with Gasteiger partial charge in [-0.15, -0.1) is 0 Å². The molecule has 1 amide bonds. The van der Waals surface area contributed by atoms with Gasteiger partial charge in [0.1, 0.15) is 12.6 Å². The van der Waals surface area contributed by atoms with Crippen LogP contribution >= 0.6 is 0 Å². The van der Waals surface area contributed by atoms with Crippen LogP contribution in [-0.2, 0) is 20.8 Å². The van der Waals surface area contributed by atoms with Crippen molar-refractivity contribution < 1.29 is 29.2 Å². The predicted molar refractivity (Wildman–Crippen MR) is 92.8 cm³/mol. The maximum Gasteiger partial charge on any atom is 0.331 e. The summed E-state index contributed by atoms with van der Waals surface area (Å²) in [5.41, 5.74) is 0.594. The lowest BCUT2D eigenvalue weighted by molar-refractivity contribution is -0.384. The first-order valence-corrected chi connectivity index (χ1v) is 8.07. The SMILES string of the molecule is O=C(CN1CC(=O)Oc2cc([N+](=O)[O-])ccc21)NC(Cc1cnc[nH]1)C(=O)O. The normalized spacial score (nSPS) is 14.0. The standard InChI is InChI=1S/C16H15N5O7/c22-14(19-11(16(24)25)3-9-5-17-8-18-9)6-20-7-15(23)28-13-4-10(21(26)27)1-2-12(13)20/h1-2,4-5,8,11H,3,6-7H2,(H,17,18)(H,19,22)(H,24,25). The third kappa shape index (κ3) is 4.23. The molecule has 146 valence electrons. The molecule has 12 nitrogen and oxygen atoms in total. The highest BCUT2D eigenvalue weighted by molar-refractivity contribution is 5.91. The van der Waals surface area contributed by atoms with Crippen molar-refractivity contribution in [3.63, 3.8) is 0 Å². The Bertz CT molecular complexity index is 927. The number of carboxylic acids is 1. The van der Waals surface area contributed by atoms with E-state index in [4.69, 9.17) is 4.74 Å². The Kier molecular flexibility index (Phi) is 5.20. The first-order valence-electron chi connectivity index (χ1n) is 8.07. The molecule has 2 heterocycles. The minimum atomic E-state index is -1.22. The van der Waals surface area contributed by atoms with E-state index < -0.39 is 28.8 Å². The summed E-state index contributed by atoms with van der Waals surface area (Å²) in [7, 11) is 0. The van der Waals surface area contributed by atoms with Crippen molar-refractivity contribution in [3.05, 3.63) is 46.5 Å². The number of rotatable bonds is 7. The number of H-pyrrole nitrogens is 1. The maximum atomic E-state index is 12.3. The summed E-state index contributed by atoms with van der Waals surface area (Å²) in [5.74, 6) is -2.58. The number of nitro benzene ring substituents is 1. The number of esters is 1. The second-order valence-electron chi connectivity index (χ2n) is 5.98. The fourth-order valence-corrected chi connectivity index (χ4v) is 2.73. The predicted octanol–water partition coefficient (Wildman–Crippen LogP) is -0.145. The van der Waals surface area contributed by atoms with Crippen molar-refractivity contribution in [2.24, 2.45) is 0 Å². The number of carboxylic acid groups (broad SMARTS) is 1. The fourth-order valence-electron chi connectivity index (χ4n) is 2.73. The van der Waals surface area contributed by atoms with E-state index in [1.54, 1.807) is 0 Å². The van der Waals surface area contributed by atoms with Gasteiger partial charge in [-0.1, -0.05) is 0 Å². The number of ether oxygens (including phenoxy) is 1. The third-order valence-electron chi connectivity index (χ3n) is 3.99. The van der Waals surface area contributed by atoms with Crippen molar-refractivity contribution >= 4 is 29.2 Å². The zero-order valence-electron chi connectivity index (χ0n) is 14.3. The highest BCUT2D eigenvalue weighted by Crippen LogP contribution is 2.34. The number of aliphatic carboxylic acids is 1. The number of hydrogen-bond acceptors (Lipinski definition) is 8. The van der Waals surface area contributed by atoms with Gasteiger partial charge in [-0.25, -0.2) is 14.6 Å². The van der Waals surface area contributed by atoms with Crippen LogP contribution in [0.15, 0.2) is 30.7 Å². The number of nitro groups is 1. The molecular formula is C16H15N5O7. The molecule has 1 aliphatic rings. The first-order chi connectivity index (χ1) is 13.3. The third-order valence-corrected chi connectivity index (χ3v) is 3.99. The van der Waals surface area contributed by atoms with Gasteiger partial charge in [0.2, 0.25) is 5.91 Å². The maximum absolute atomic E-state index is 12.3. The summed E-state index contributed by atoms with van der Waals surface area (Å²) in [6.45, 7) is -0.580. The molecule has 1 aromatic carbocycles. The smallest absolute Gasteiger partial charge is 0.331 e. The zero-order chi connectivity index (χ0) is 20.3. The number of amides is 1. The van der Waals surface area contributed by atoms with Gasteiger partial charge in [0.15, 0.2) is 5.75 Å². The lowest BCUT2D eigenvalue weighted by atomic mass is 10.1. The van der Waals surface area contributed by atoms with Crippen molar-refractivity contribution in [1.82, 2.24) is 15.3 Å². The van der Waals surface area contributed by atoms with Crippen molar-refractivity contribution in [2.45, 2.75) is 12.5 Å². The van der Waals surface area contributed by atoms with E-state index in [1.807, 2.05) is 0 Å². The number of aromatic amines is 1. The molecule has 0 saturated carbocycles. The molecule has 12 heteroatoms. The van der Waals surface area contributed by atoms with Crippen molar-refractivity contribution in [1.29, 1.82) is 0 Å². The second-order valence-corrected chi connectivity index (χ2v) is 5.98. The fraction of sp³-hybridized carbons (Fsp3) is 0.250. The molecule has 2 aromatic rings. The molecule has 1 unspecified atom stereocenters. The van der Waals surface area contributed by atoms with Gasteiger partial charge in [-0.2, -0.15) is 0 Å². The Labute approximate surface area is 157 Å². The molecule has 1 aromatic heterocycles. The number of nitrogens with zero attached hydrogens (tertiary/aromatic N) is 3. The molecule has 28 heavy (non-hydrogen) atoms. The van der Waals surface area contributed by atoms with Gasteiger partial charge >= 0.3 is 11.9 Å². The van der Waals surface area contributed by atoms with Crippen LogP contribution in [0.5, 0.6) is 5.75 Å². The average Bonchev–Trinajstić information content (AvgIpc) is 3.13. The summed E-state index contributed by atoms with van der Waals surface area (Å²) in [5, 5.41) is 22.6. The van der Waals surface area contributed by atoms with Gasteiger partial charge in [0, 0.05) is 24.4 Å². The first kappa shape index (κ1) is 18.8. The molecule has 0 fully saturated rings. The number of non-ortho nitro benzene ring substituents is 1. The monoisotopic (exact) mass is 389 g/mol. The summed E-state index contributed by atoms with van der Waals surface area (Å²) in [6, 6.07) is 2.49. The zero-order valence-corrected chi connectivity index (χ0v) is 14.3. The van der Waals surface area contributed by atoms with Crippen LogP contribution in [-0.4, -0.2) is 57.0 Å². The number of carbonyl (C=O) groups excluding carboxylic acids is 2. The number of fused-ring (bicyclic) bond motifs is 1. The number of hydrogen-bond donors (Lipinski definition) is 3. The van der Waals surface area contributed by atoms with Gasteiger partial charge < -0.3 is 25.0 Å². The molecule has 1 aliphatic heterocycles. The Morgan fingerprint density at radius 1 is 1.46 bits per heavy atom. The topological polar surface area (TPSA) is 168 Å². The highest BCUT2D eigenvalue weighted by atomic mass is 16.6. The Balaban J connectivity index is 1.72. The van der Waals surface area contributed by atoms with Crippen LogP contribution in [0, 0.1) is 10.1 Å². The molecule has 0 aliphatic carbocycles. The van der Waals surface area contributed by atoms with E-state index in [-0.39, 0.29) is 30.9 Å². The lowest BCUT2D eigenvalue weighted by Gasteiger charge is -2.29. The van der Waals surface area contributed by atoms with Crippen molar-refractivity contribution in [3.8, 4) is 5.75 Å². The van der Waals surface area contributed by atoms with Crippen LogP contribution in [0.3, 0.4) is 0 Å². The molecule has 0 bridgehead atoms. The van der Waals surface area contributed by atoms with E-state index in [2.05, 4.69) is 15.3 Å². The number of aromatic nitrogens is 2. The lowest BCUT2D eigenvalue weighted by Crippen LogP contribution is -2.48. The summed E-state index contributed by atoms with van der Waals surface area (Å²) >= 11 is 0. The number of anilines is 1. The van der Waals surface area contributed by atoms with Gasteiger partial charge in [-0.3, -0.25) is 14.9 Å². The quantitative estimate of drug-likeness (QED) is 0.252. The summed E-state index contributed by atoms with van der Waals surface area (Å²) in [6.07, 6.45) is 2.85. The minimum Gasteiger partial charge on any atom is -0.480 e. The van der Waals surface area contributed by atoms with Crippen LogP contribution in [0.25, 0.3) is 0 Å². The molecule has 1 atom stereocenters. The minimum absolute atomic E-state index is 0.00585. The van der Waals surface area contributed by atoms with E-state index >= 15 is 0 Å². The van der Waals surface area contributed by atoms with E-state index in [0.717, 1.165) is 6.07 Å². The van der Waals surface area contributed by atoms with Gasteiger partial charge in [0.05, 0.1) is 29.5 Å².